The maximum absolute atomic E-state index is 9.12. The van der Waals surface area contributed by atoms with Crippen LogP contribution >= 0.6 is 23.3 Å². The second-order valence-corrected chi connectivity index (χ2v) is 5.94. The molecule has 0 radical (unpaired) electrons. The molecular weight excluding hydrogens is 276 g/mol. The summed E-state index contributed by atoms with van der Waals surface area (Å²) >= 11 is 3.06. The van der Waals surface area contributed by atoms with Crippen molar-refractivity contribution in [1.29, 1.82) is 5.26 Å². The summed E-state index contributed by atoms with van der Waals surface area (Å²) in [6, 6.07) is 6.24. The van der Waals surface area contributed by atoms with Crippen LogP contribution in [0.3, 0.4) is 0 Å². The minimum atomic E-state index is 0.676. The van der Waals surface area contributed by atoms with Gasteiger partial charge in [0.25, 0.3) is 0 Å². The average molecular weight is 286 g/mol. The Balaban J connectivity index is 1.98. The van der Waals surface area contributed by atoms with E-state index in [-0.39, 0.29) is 0 Å². The Morgan fingerprint density at radius 3 is 3.11 bits per heavy atom. The maximum atomic E-state index is 9.12. The first-order chi connectivity index (χ1) is 9.29. The Labute approximate surface area is 118 Å². The van der Waals surface area contributed by atoms with Crippen molar-refractivity contribution in [3.8, 4) is 6.07 Å². The van der Waals surface area contributed by atoms with Gasteiger partial charge < -0.3 is 9.71 Å². The summed E-state index contributed by atoms with van der Waals surface area (Å²) in [4.78, 5) is 7.37. The van der Waals surface area contributed by atoms with Crippen LogP contribution in [-0.2, 0) is 0 Å². The monoisotopic (exact) mass is 286 g/mol. The zero-order valence-corrected chi connectivity index (χ0v) is 11.7. The zero-order chi connectivity index (χ0) is 13.2. The zero-order valence-electron chi connectivity index (χ0n) is 10.1. The third kappa shape index (κ3) is 2.18. The third-order valence-electron chi connectivity index (χ3n) is 2.82. The van der Waals surface area contributed by atoms with Crippen molar-refractivity contribution in [2.24, 2.45) is 0 Å². The first-order valence-corrected chi connectivity index (χ1v) is 7.32. The lowest BCUT2D eigenvalue weighted by atomic mass is 10.1. The number of hydrogen-bond donors (Lipinski definition) is 2. The van der Waals surface area contributed by atoms with Crippen molar-refractivity contribution >= 4 is 39.9 Å². The normalized spacial score (nSPS) is 10.5. The second-order valence-electron chi connectivity index (χ2n) is 4.00. The Bertz CT molecular complexity index is 753. The van der Waals surface area contributed by atoms with E-state index in [0.29, 0.717) is 5.56 Å². The van der Waals surface area contributed by atoms with Gasteiger partial charge in [0.1, 0.15) is 6.07 Å². The molecule has 3 rings (SSSR count). The van der Waals surface area contributed by atoms with E-state index in [0.717, 1.165) is 26.5 Å². The van der Waals surface area contributed by atoms with Crippen LogP contribution in [0.4, 0.5) is 5.69 Å². The van der Waals surface area contributed by atoms with Gasteiger partial charge >= 0.3 is 0 Å². The number of nitrogens with one attached hydrogen (secondary N) is 2. The lowest BCUT2D eigenvalue weighted by Gasteiger charge is -2.06. The first kappa shape index (κ1) is 12.1. The van der Waals surface area contributed by atoms with Crippen LogP contribution in [0.15, 0.2) is 34.2 Å². The van der Waals surface area contributed by atoms with E-state index in [1.54, 1.807) is 23.7 Å². The van der Waals surface area contributed by atoms with Gasteiger partial charge in [-0.1, -0.05) is 6.07 Å². The molecule has 2 heterocycles. The number of benzene rings is 1. The fourth-order valence-corrected chi connectivity index (χ4v) is 3.28. The maximum Gasteiger partial charge on any atom is 0.170 e. The number of H-pyrrole nitrogens is 1. The molecule has 0 spiro atoms. The molecule has 0 unspecified atom stereocenters. The van der Waals surface area contributed by atoms with Gasteiger partial charge in [-0.3, -0.25) is 0 Å². The summed E-state index contributed by atoms with van der Waals surface area (Å²) in [6.07, 6.45) is 3.53. The summed E-state index contributed by atoms with van der Waals surface area (Å²) in [5.74, 6) is 0. The van der Waals surface area contributed by atoms with E-state index in [9.17, 15) is 0 Å². The van der Waals surface area contributed by atoms with Gasteiger partial charge in [0.15, 0.2) is 4.34 Å². The number of fused-ring (bicyclic) bond motifs is 1. The van der Waals surface area contributed by atoms with Crippen molar-refractivity contribution in [2.45, 2.75) is 11.3 Å². The molecule has 4 nitrogen and oxygen atoms in total. The Morgan fingerprint density at radius 2 is 2.37 bits per heavy atom. The number of anilines is 1. The molecule has 2 N–H and O–H groups in total. The van der Waals surface area contributed by atoms with Crippen molar-refractivity contribution in [2.75, 3.05) is 4.72 Å². The number of aromatic nitrogens is 2. The highest BCUT2D eigenvalue weighted by molar-refractivity contribution is 8.02. The highest BCUT2D eigenvalue weighted by Crippen LogP contribution is 2.31. The molecule has 0 saturated carbocycles. The van der Waals surface area contributed by atoms with Gasteiger partial charge in [0.2, 0.25) is 0 Å². The SMILES string of the molecule is Cc1ccc(NSc2nccs2)c2[nH]cc(C#N)c12. The molecule has 0 fully saturated rings. The Kier molecular flexibility index (Phi) is 3.15. The number of aromatic amines is 1. The number of thiazole rings is 1. The van der Waals surface area contributed by atoms with Crippen LogP contribution in [0.25, 0.3) is 10.9 Å². The molecule has 19 heavy (non-hydrogen) atoms. The van der Waals surface area contributed by atoms with Crippen molar-refractivity contribution in [1.82, 2.24) is 9.97 Å². The predicted octanol–water partition coefficient (Wildman–Crippen LogP) is 3.92. The van der Waals surface area contributed by atoms with Crippen LogP contribution in [0.2, 0.25) is 0 Å². The molecule has 3 aromatic rings. The van der Waals surface area contributed by atoms with E-state index in [2.05, 4.69) is 20.8 Å². The fraction of sp³-hybridized carbons (Fsp3) is 0.0769. The molecule has 0 amide bonds. The van der Waals surface area contributed by atoms with Crippen LogP contribution in [0.5, 0.6) is 0 Å². The highest BCUT2D eigenvalue weighted by atomic mass is 32.2. The minimum absolute atomic E-state index is 0.676. The lowest BCUT2D eigenvalue weighted by Crippen LogP contribution is -1.89. The first-order valence-electron chi connectivity index (χ1n) is 5.62. The molecule has 2 aromatic heterocycles. The van der Waals surface area contributed by atoms with E-state index in [1.165, 1.54) is 11.9 Å². The molecule has 0 aliphatic rings. The topological polar surface area (TPSA) is 64.5 Å². The highest BCUT2D eigenvalue weighted by Gasteiger charge is 2.10. The third-order valence-corrected chi connectivity index (χ3v) is 4.53. The molecule has 0 aliphatic carbocycles. The molecule has 0 bridgehead atoms. The van der Waals surface area contributed by atoms with E-state index >= 15 is 0 Å². The van der Waals surface area contributed by atoms with E-state index in [1.807, 2.05) is 24.4 Å². The van der Waals surface area contributed by atoms with Crippen LogP contribution in [0, 0.1) is 18.3 Å². The van der Waals surface area contributed by atoms with Gasteiger partial charge in [-0.15, -0.1) is 11.3 Å². The largest absolute Gasteiger partial charge is 0.358 e. The molecular formula is C13H10N4S2. The summed E-state index contributed by atoms with van der Waals surface area (Å²) in [6.45, 7) is 2.01. The minimum Gasteiger partial charge on any atom is -0.358 e. The quantitative estimate of drug-likeness (QED) is 0.716. The van der Waals surface area contributed by atoms with Gasteiger partial charge in [-0.25, -0.2) is 4.98 Å². The van der Waals surface area contributed by atoms with Crippen molar-refractivity contribution in [3.05, 3.63) is 41.0 Å². The Hall–Kier alpha value is -1.97. The number of nitrogens with zero attached hydrogens (tertiary/aromatic N) is 2. The number of hydrogen-bond acceptors (Lipinski definition) is 5. The molecule has 6 heteroatoms. The van der Waals surface area contributed by atoms with Gasteiger partial charge in [-0.05, 0) is 18.6 Å². The molecule has 1 aromatic carbocycles. The smallest absolute Gasteiger partial charge is 0.170 e. The number of nitriles is 1. The van der Waals surface area contributed by atoms with Crippen molar-refractivity contribution in [3.63, 3.8) is 0 Å². The molecule has 0 aliphatic heterocycles. The van der Waals surface area contributed by atoms with Gasteiger partial charge in [-0.2, -0.15) is 5.26 Å². The predicted molar refractivity (Wildman–Crippen MR) is 79.3 cm³/mol. The summed E-state index contributed by atoms with van der Waals surface area (Å²) in [5, 5.41) is 12.0. The average Bonchev–Trinajstić information content (AvgIpc) is 3.07. The Morgan fingerprint density at radius 1 is 1.47 bits per heavy atom. The summed E-state index contributed by atoms with van der Waals surface area (Å²) < 4.78 is 4.24. The number of aryl methyl sites for hydroxylation is 1. The van der Waals surface area contributed by atoms with Crippen LogP contribution < -0.4 is 4.72 Å². The van der Waals surface area contributed by atoms with Gasteiger partial charge in [0.05, 0.1) is 16.8 Å². The summed E-state index contributed by atoms with van der Waals surface area (Å²) in [5.41, 5.74) is 3.69. The van der Waals surface area contributed by atoms with E-state index < -0.39 is 0 Å². The van der Waals surface area contributed by atoms with Crippen LogP contribution in [-0.4, -0.2) is 9.97 Å². The number of rotatable bonds is 3. The second kappa shape index (κ2) is 4.96. The summed E-state index contributed by atoms with van der Waals surface area (Å²) in [7, 11) is 0. The van der Waals surface area contributed by atoms with Gasteiger partial charge in [0, 0.05) is 35.1 Å². The molecule has 94 valence electrons. The fourth-order valence-electron chi connectivity index (χ4n) is 1.95. The van der Waals surface area contributed by atoms with Crippen molar-refractivity contribution < 1.29 is 0 Å². The molecule has 0 saturated heterocycles. The molecule has 0 atom stereocenters. The lowest BCUT2D eigenvalue weighted by molar-refractivity contribution is 1.25. The van der Waals surface area contributed by atoms with Crippen LogP contribution in [0.1, 0.15) is 11.1 Å². The standard InChI is InChI=1S/C13H10N4S2/c1-8-2-3-10(17-19-13-15-4-5-18-13)12-11(8)9(6-14)7-16-12/h2-5,7,16-17H,1H3. The van der Waals surface area contributed by atoms with E-state index in [4.69, 9.17) is 5.26 Å².